The van der Waals surface area contributed by atoms with Crippen LogP contribution in [0.15, 0.2) is 24.7 Å². The molecule has 0 radical (unpaired) electrons. The number of hydrogen-bond donors (Lipinski definition) is 0. The van der Waals surface area contributed by atoms with Gasteiger partial charge in [0.2, 0.25) is 0 Å². The maximum Gasteiger partial charge on any atom is 0.146 e. The van der Waals surface area contributed by atoms with Gasteiger partial charge in [-0.25, -0.2) is 0 Å². The fourth-order valence-corrected chi connectivity index (χ4v) is 0.192. The molecular formula is C6H6O4. The Morgan fingerprint density at radius 3 is 1.50 bits per heavy atom. The first kappa shape index (κ1) is 8.42. The highest BCUT2D eigenvalue weighted by atomic mass is 17.2. The lowest BCUT2D eigenvalue weighted by Gasteiger charge is -1.90. The maximum atomic E-state index is 9.60. The van der Waals surface area contributed by atoms with Gasteiger partial charge in [0.1, 0.15) is 25.1 Å². The summed E-state index contributed by atoms with van der Waals surface area (Å²) in [4.78, 5) is 27.6. The SMILES string of the molecule is O=CC=COOC=CC=O. The van der Waals surface area contributed by atoms with Gasteiger partial charge in [-0.2, -0.15) is 0 Å². The summed E-state index contributed by atoms with van der Waals surface area (Å²) < 4.78 is 0. The molecule has 0 heterocycles. The van der Waals surface area contributed by atoms with Gasteiger partial charge in [0.05, 0.1) is 0 Å². The summed E-state index contributed by atoms with van der Waals surface area (Å²) in [6, 6.07) is 0. The Bertz CT molecular complexity index is 130. The van der Waals surface area contributed by atoms with E-state index < -0.39 is 0 Å². The predicted octanol–water partition coefficient (Wildman–Crippen LogP) is 0.360. The van der Waals surface area contributed by atoms with E-state index in [2.05, 4.69) is 9.78 Å². The molecule has 0 N–H and O–H groups in total. The van der Waals surface area contributed by atoms with Gasteiger partial charge in [0.15, 0.2) is 0 Å². The molecule has 0 fully saturated rings. The van der Waals surface area contributed by atoms with Crippen molar-refractivity contribution in [2.24, 2.45) is 0 Å². The Kier molecular flexibility index (Phi) is 6.25. The van der Waals surface area contributed by atoms with E-state index >= 15 is 0 Å². The first-order valence-corrected chi connectivity index (χ1v) is 2.44. The Hall–Kier alpha value is -1.58. The van der Waals surface area contributed by atoms with Crippen molar-refractivity contribution in [1.29, 1.82) is 0 Å². The highest BCUT2D eigenvalue weighted by Crippen LogP contribution is 1.79. The van der Waals surface area contributed by atoms with Gasteiger partial charge in [-0.05, 0) is 0 Å². The summed E-state index contributed by atoms with van der Waals surface area (Å²) in [5.41, 5.74) is 0. The quantitative estimate of drug-likeness (QED) is 0.139. The van der Waals surface area contributed by atoms with Crippen molar-refractivity contribution in [3.8, 4) is 0 Å². The number of rotatable bonds is 5. The van der Waals surface area contributed by atoms with Crippen LogP contribution in [0.25, 0.3) is 0 Å². The van der Waals surface area contributed by atoms with Crippen molar-refractivity contribution in [2.75, 3.05) is 0 Å². The summed E-state index contributed by atoms with van der Waals surface area (Å²) in [6.45, 7) is 0. The predicted molar refractivity (Wildman–Crippen MR) is 32.6 cm³/mol. The summed E-state index contributed by atoms with van der Waals surface area (Å²) in [5, 5.41) is 0. The Morgan fingerprint density at radius 2 is 1.20 bits per heavy atom. The molecule has 0 atom stereocenters. The summed E-state index contributed by atoms with van der Waals surface area (Å²) in [6.07, 6.45) is 5.37. The van der Waals surface area contributed by atoms with E-state index in [-0.39, 0.29) is 0 Å². The maximum absolute atomic E-state index is 9.60. The number of allylic oxidation sites excluding steroid dienone is 2. The first-order chi connectivity index (χ1) is 4.91. The van der Waals surface area contributed by atoms with E-state index in [1.807, 2.05) is 0 Å². The van der Waals surface area contributed by atoms with Crippen molar-refractivity contribution in [2.45, 2.75) is 0 Å². The topological polar surface area (TPSA) is 52.6 Å². The van der Waals surface area contributed by atoms with Crippen LogP contribution in [0.2, 0.25) is 0 Å². The van der Waals surface area contributed by atoms with Crippen molar-refractivity contribution >= 4 is 12.6 Å². The number of carbonyl (C=O) groups excluding carboxylic acids is 2. The lowest BCUT2D eigenvalue weighted by Crippen LogP contribution is -1.76. The van der Waals surface area contributed by atoms with Crippen LogP contribution in [0.1, 0.15) is 0 Å². The smallest absolute Gasteiger partial charge is 0.146 e. The fourth-order valence-electron chi connectivity index (χ4n) is 0.192. The Morgan fingerprint density at radius 1 is 0.800 bits per heavy atom. The number of hydrogen-bond acceptors (Lipinski definition) is 4. The second-order valence-electron chi connectivity index (χ2n) is 1.12. The average molecular weight is 142 g/mol. The van der Waals surface area contributed by atoms with Crippen molar-refractivity contribution in [3.05, 3.63) is 24.7 Å². The van der Waals surface area contributed by atoms with Crippen LogP contribution in [0.4, 0.5) is 0 Å². The average Bonchev–Trinajstić information content (AvgIpc) is 1.97. The van der Waals surface area contributed by atoms with Gasteiger partial charge in [0.25, 0.3) is 0 Å². The van der Waals surface area contributed by atoms with Crippen LogP contribution >= 0.6 is 0 Å². The molecule has 0 saturated carbocycles. The minimum atomic E-state index is 0.535. The van der Waals surface area contributed by atoms with E-state index in [0.29, 0.717) is 12.6 Å². The number of carbonyl (C=O) groups is 2. The number of aldehydes is 2. The van der Waals surface area contributed by atoms with E-state index in [1.165, 1.54) is 0 Å². The molecule has 0 aliphatic carbocycles. The Balaban J connectivity index is 3.19. The minimum Gasteiger partial charge on any atom is -0.298 e. The molecule has 0 amide bonds. The molecule has 0 rings (SSSR count). The summed E-state index contributed by atoms with van der Waals surface area (Å²) >= 11 is 0. The van der Waals surface area contributed by atoms with Crippen LogP contribution in [-0.2, 0) is 19.4 Å². The second kappa shape index (κ2) is 7.42. The van der Waals surface area contributed by atoms with Crippen LogP contribution in [0.3, 0.4) is 0 Å². The minimum absolute atomic E-state index is 0.535. The van der Waals surface area contributed by atoms with Gasteiger partial charge < -0.3 is 0 Å². The van der Waals surface area contributed by atoms with Crippen LogP contribution in [0.5, 0.6) is 0 Å². The zero-order valence-corrected chi connectivity index (χ0v) is 5.10. The van der Waals surface area contributed by atoms with Gasteiger partial charge >= 0.3 is 0 Å². The van der Waals surface area contributed by atoms with E-state index in [0.717, 1.165) is 24.7 Å². The van der Waals surface area contributed by atoms with E-state index in [4.69, 9.17) is 0 Å². The molecule has 0 unspecified atom stereocenters. The zero-order valence-electron chi connectivity index (χ0n) is 5.10. The summed E-state index contributed by atoms with van der Waals surface area (Å²) in [7, 11) is 0. The lowest BCUT2D eigenvalue weighted by atomic mass is 10.7. The molecule has 0 aliphatic heterocycles. The van der Waals surface area contributed by atoms with Crippen LogP contribution in [-0.4, -0.2) is 12.6 Å². The lowest BCUT2D eigenvalue weighted by molar-refractivity contribution is -0.196. The third kappa shape index (κ3) is 6.42. The largest absolute Gasteiger partial charge is 0.298 e. The fraction of sp³-hybridized carbons (Fsp3) is 0. The monoisotopic (exact) mass is 142 g/mol. The molecule has 54 valence electrons. The van der Waals surface area contributed by atoms with E-state index in [1.54, 1.807) is 0 Å². The Labute approximate surface area is 57.7 Å². The van der Waals surface area contributed by atoms with Gasteiger partial charge in [-0.3, -0.25) is 19.4 Å². The first-order valence-electron chi connectivity index (χ1n) is 2.44. The molecule has 4 nitrogen and oxygen atoms in total. The van der Waals surface area contributed by atoms with Crippen molar-refractivity contribution in [3.63, 3.8) is 0 Å². The standard InChI is InChI=1S/C6H6O4/c7-3-1-5-9-10-6-2-4-8/h1-6H. The summed E-state index contributed by atoms with van der Waals surface area (Å²) in [5.74, 6) is 0. The molecule has 0 bridgehead atoms. The van der Waals surface area contributed by atoms with E-state index in [9.17, 15) is 9.59 Å². The van der Waals surface area contributed by atoms with Crippen LogP contribution in [0, 0.1) is 0 Å². The highest BCUT2D eigenvalue weighted by Gasteiger charge is 1.70. The highest BCUT2D eigenvalue weighted by molar-refractivity contribution is 5.64. The molecule has 0 aromatic rings. The van der Waals surface area contributed by atoms with Gasteiger partial charge in [-0.1, -0.05) is 0 Å². The molecule has 0 aliphatic rings. The zero-order chi connectivity index (χ0) is 7.66. The van der Waals surface area contributed by atoms with Gasteiger partial charge in [0, 0.05) is 12.2 Å². The molecule has 0 saturated heterocycles. The molecule has 0 aromatic heterocycles. The molecule has 0 aromatic carbocycles. The second-order valence-corrected chi connectivity index (χ2v) is 1.12. The van der Waals surface area contributed by atoms with Gasteiger partial charge in [-0.15, -0.1) is 0 Å². The molecule has 10 heavy (non-hydrogen) atoms. The molecule has 4 heteroatoms. The third-order valence-corrected chi connectivity index (χ3v) is 0.481. The normalized spacial score (nSPS) is 10.0. The van der Waals surface area contributed by atoms with Crippen molar-refractivity contribution < 1.29 is 19.4 Å². The van der Waals surface area contributed by atoms with Crippen molar-refractivity contribution in [1.82, 2.24) is 0 Å². The third-order valence-electron chi connectivity index (χ3n) is 0.481. The molecular weight excluding hydrogens is 136 g/mol. The molecule has 0 spiro atoms. The van der Waals surface area contributed by atoms with Crippen LogP contribution < -0.4 is 0 Å².